The van der Waals surface area contributed by atoms with E-state index in [2.05, 4.69) is 0 Å². The minimum absolute atomic E-state index is 0.399. The summed E-state index contributed by atoms with van der Waals surface area (Å²) in [7, 11) is 0. The average molecular weight is 236 g/mol. The fourth-order valence-corrected chi connectivity index (χ4v) is 2.19. The number of aryl methyl sites for hydroxylation is 1. The first-order valence-corrected chi connectivity index (χ1v) is 5.95. The van der Waals surface area contributed by atoms with E-state index in [1.54, 1.807) is 0 Å². The Bertz CT molecular complexity index is 471. The van der Waals surface area contributed by atoms with Crippen molar-refractivity contribution in [3.05, 3.63) is 44.6 Å². The summed E-state index contributed by atoms with van der Waals surface area (Å²) in [5.41, 5.74) is 4.19. The molecule has 0 atom stereocenters. The number of carboxylic acid groups (broad SMARTS) is 1. The van der Waals surface area contributed by atoms with Crippen molar-refractivity contribution >= 4 is 17.3 Å². The summed E-state index contributed by atoms with van der Waals surface area (Å²) in [4.78, 5) is 11.5. The van der Waals surface area contributed by atoms with E-state index in [0.717, 1.165) is 16.7 Å². The van der Waals surface area contributed by atoms with Crippen LogP contribution in [0.1, 0.15) is 31.9 Å². The molecule has 1 heterocycles. The van der Waals surface area contributed by atoms with E-state index >= 15 is 0 Å². The second-order valence-electron chi connectivity index (χ2n) is 3.81. The van der Waals surface area contributed by atoms with Crippen molar-refractivity contribution in [1.29, 1.82) is 0 Å². The lowest BCUT2D eigenvalue weighted by Crippen LogP contribution is -1.98. The van der Waals surface area contributed by atoms with E-state index in [1.807, 2.05) is 45.2 Å². The van der Waals surface area contributed by atoms with Crippen LogP contribution < -0.4 is 0 Å². The van der Waals surface area contributed by atoms with E-state index in [-0.39, 0.29) is 0 Å². The highest BCUT2D eigenvalue weighted by Crippen LogP contribution is 2.19. The third-order valence-electron chi connectivity index (χ3n) is 2.86. The Morgan fingerprint density at radius 1 is 1.12 bits per heavy atom. The maximum atomic E-state index is 11.1. The van der Waals surface area contributed by atoms with Crippen LogP contribution in [0.3, 0.4) is 0 Å². The van der Waals surface area contributed by atoms with Crippen molar-refractivity contribution in [3.63, 3.8) is 0 Å². The number of carbonyl (C=O) groups is 1. The molecule has 0 aromatic carbocycles. The molecule has 0 saturated heterocycles. The zero-order valence-corrected chi connectivity index (χ0v) is 10.8. The van der Waals surface area contributed by atoms with Gasteiger partial charge in [-0.1, -0.05) is 12.1 Å². The van der Waals surface area contributed by atoms with Crippen LogP contribution in [0.5, 0.6) is 0 Å². The lowest BCUT2D eigenvalue weighted by Gasteiger charge is -2.04. The third-order valence-corrected chi connectivity index (χ3v) is 3.87. The van der Waals surface area contributed by atoms with Crippen molar-refractivity contribution < 1.29 is 9.90 Å². The first-order chi connectivity index (χ1) is 7.45. The van der Waals surface area contributed by atoms with E-state index < -0.39 is 5.97 Å². The highest BCUT2D eigenvalue weighted by atomic mass is 32.1. The van der Waals surface area contributed by atoms with E-state index in [0.29, 0.717) is 4.88 Å². The van der Waals surface area contributed by atoms with Gasteiger partial charge in [-0.25, -0.2) is 4.79 Å². The topological polar surface area (TPSA) is 37.3 Å². The van der Waals surface area contributed by atoms with Crippen LogP contribution in [0.2, 0.25) is 0 Å². The van der Waals surface area contributed by atoms with E-state index in [1.165, 1.54) is 16.9 Å². The van der Waals surface area contributed by atoms with Gasteiger partial charge in [-0.15, -0.1) is 11.3 Å². The third kappa shape index (κ3) is 2.61. The second kappa shape index (κ2) is 5.12. The minimum Gasteiger partial charge on any atom is -0.477 e. The van der Waals surface area contributed by atoms with Gasteiger partial charge in [0.2, 0.25) is 0 Å². The summed E-state index contributed by atoms with van der Waals surface area (Å²) in [6.45, 7) is 7.89. The Hall–Kier alpha value is -1.35. The average Bonchev–Trinajstić information content (AvgIpc) is 2.27. The van der Waals surface area contributed by atoms with E-state index in [9.17, 15) is 4.79 Å². The molecule has 0 spiro atoms. The molecule has 3 heteroatoms. The molecule has 0 fully saturated rings. The molecule has 86 valence electrons. The zero-order chi connectivity index (χ0) is 12.3. The Kier molecular flexibility index (Phi) is 4.07. The Morgan fingerprint density at radius 3 is 2.31 bits per heavy atom. The van der Waals surface area contributed by atoms with Crippen LogP contribution in [-0.4, -0.2) is 11.1 Å². The minimum atomic E-state index is -0.862. The number of carboxylic acids is 1. The molecule has 1 aromatic heterocycles. The highest BCUT2D eigenvalue weighted by Gasteiger charge is 2.08. The maximum Gasteiger partial charge on any atom is 0.346 e. The van der Waals surface area contributed by atoms with Crippen LogP contribution in [-0.2, 0) is 0 Å². The number of rotatable bonds is 1. The van der Waals surface area contributed by atoms with Gasteiger partial charge in [0.05, 0.1) is 0 Å². The normalized spacial score (nSPS) is 9.75. The summed E-state index contributed by atoms with van der Waals surface area (Å²) in [5, 5.41) is 10.9. The highest BCUT2D eigenvalue weighted by molar-refractivity contribution is 7.11. The second-order valence-corrected chi connectivity index (χ2v) is 4.72. The maximum absolute atomic E-state index is 11.1. The summed E-state index contributed by atoms with van der Waals surface area (Å²) in [6, 6.07) is 3.89. The molecule has 0 bridgehead atoms. The molecule has 1 N–H and O–H groups in total. The Balaban J connectivity index is 3.75. The molecule has 0 amide bonds. The first kappa shape index (κ1) is 12.7. The van der Waals surface area contributed by atoms with Gasteiger partial charge >= 0.3 is 5.97 Å². The summed E-state index contributed by atoms with van der Waals surface area (Å²) in [6.07, 6.45) is 0. The first-order valence-electron chi connectivity index (χ1n) is 5.07. The standard InChI is InChI=1S/C13H16O2S/c1-8-6-5-7-16-12(13(14)15)11(4)10(3)9(8)2/h5-7H,1-4H3,(H,14,15). The van der Waals surface area contributed by atoms with Gasteiger partial charge in [-0.2, -0.15) is 0 Å². The molecule has 0 unspecified atom stereocenters. The Morgan fingerprint density at radius 2 is 1.75 bits per heavy atom. The largest absolute Gasteiger partial charge is 0.477 e. The molecule has 0 saturated carbocycles. The van der Waals surface area contributed by atoms with Crippen LogP contribution in [0, 0.1) is 27.7 Å². The van der Waals surface area contributed by atoms with Gasteiger partial charge in [-0.05, 0) is 55.3 Å². The lowest BCUT2D eigenvalue weighted by atomic mass is 10.0. The van der Waals surface area contributed by atoms with Gasteiger partial charge in [0.1, 0.15) is 4.88 Å². The van der Waals surface area contributed by atoms with E-state index in [4.69, 9.17) is 5.11 Å². The van der Waals surface area contributed by atoms with Crippen LogP contribution >= 0.6 is 11.3 Å². The molecule has 1 aromatic rings. The lowest BCUT2D eigenvalue weighted by molar-refractivity contribution is 0.0701. The van der Waals surface area contributed by atoms with Gasteiger partial charge < -0.3 is 5.11 Å². The van der Waals surface area contributed by atoms with Crippen LogP contribution in [0.4, 0.5) is 0 Å². The van der Waals surface area contributed by atoms with Crippen molar-refractivity contribution in [2.45, 2.75) is 27.7 Å². The SMILES string of the molecule is Cc1cccsc(C(=O)O)c(C)c(C)c1C. The van der Waals surface area contributed by atoms with Crippen molar-refractivity contribution in [1.82, 2.24) is 0 Å². The van der Waals surface area contributed by atoms with Crippen molar-refractivity contribution in [3.8, 4) is 0 Å². The molecular formula is C13H16O2S. The Labute approximate surface area is 99.9 Å². The zero-order valence-electron chi connectivity index (χ0n) is 10.00. The number of hydrogen-bond donors (Lipinski definition) is 1. The summed E-state index contributed by atoms with van der Waals surface area (Å²) >= 11 is 1.26. The van der Waals surface area contributed by atoms with Gasteiger partial charge in [0.25, 0.3) is 0 Å². The molecule has 0 radical (unpaired) electrons. The summed E-state index contributed by atoms with van der Waals surface area (Å²) < 4.78 is 0. The van der Waals surface area contributed by atoms with Crippen molar-refractivity contribution in [2.75, 3.05) is 0 Å². The van der Waals surface area contributed by atoms with Crippen molar-refractivity contribution in [2.24, 2.45) is 0 Å². The molecule has 2 nitrogen and oxygen atoms in total. The molecule has 0 aliphatic rings. The van der Waals surface area contributed by atoms with Crippen LogP contribution in [0.15, 0.2) is 17.5 Å². The molecule has 0 aliphatic heterocycles. The number of hydrogen-bond acceptors (Lipinski definition) is 2. The van der Waals surface area contributed by atoms with Gasteiger partial charge in [0, 0.05) is 0 Å². The van der Waals surface area contributed by atoms with Crippen LogP contribution in [0.25, 0.3) is 0 Å². The molecular weight excluding hydrogens is 220 g/mol. The monoisotopic (exact) mass is 236 g/mol. The predicted molar refractivity (Wildman–Crippen MR) is 67.9 cm³/mol. The predicted octanol–water partition coefficient (Wildman–Crippen LogP) is 3.80. The molecule has 0 aliphatic carbocycles. The number of aromatic carboxylic acids is 1. The fourth-order valence-electron chi connectivity index (χ4n) is 1.46. The smallest absolute Gasteiger partial charge is 0.346 e. The van der Waals surface area contributed by atoms with Gasteiger partial charge in [-0.3, -0.25) is 0 Å². The summed E-state index contributed by atoms with van der Waals surface area (Å²) in [5.74, 6) is -0.862. The fraction of sp³-hybridized carbons (Fsp3) is 0.308. The molecule has 1 rings (SSSR count). The quantitative estimate of drug-likeness (QED) is 0.805. The molecule has 16 heavy (non-hydrogen) atoms. The van der Waals surface area contributed by atoms with Gasteiger partial charge in [0.15, 0.2) is 0 Å².